The third-order valence-corrected chi connectivity index (χ3v) is 5.67. The molecule has 2 rings (SSSR count). The van der Waals surface area contributed by atoms with Crippen molar-refractivity contribution in [1.82, 2.24) is 5.32 Å². The molecule has 3 nitrogen and oxygen atoms in total. The molecule has 0 aromatic heterocycles. The number of carbonyl (C=O) groups is 1. The Labute approximate surface area is 130 Å². The highest BCUT2D eigenvalue weighted by molar-refractivity contribution is 14.2. The van der Waals surface area contributed by atoms with E-state index in [1.54, 1.807) is 8.93 Å². The van der Waals surface area contributed by atoms with E-state index in [9.17, 15) is 4.79 Å². The van der Waals surface area contributed by atoms with Crippen LogP contribution in [0.15, 0.2) is 4.90 Å². The minimum atomic E-state index is -0.136. The monoisotopic (exact) mass is 391 g/mol. The molecule has 104 valence electrons. The second-order valence-electron chi connectivity index (χ2n) is 4.68. The molecule has 0 unspecified atom stereocenters. The molecular formula is C14H18INO2S. The molecule has 1 aliphatic heterocycles. The first-order valence-corrected chi connectivity index (χ1v) is 9.74. The van der Waals surface area contributed by atoms with Gasteiger partial charge in [-0.25, -0.2) is 0 Å². The van der Waals surface area contributed by atoms with Gasteiger partial charge in [0.15, 0.2) is 0 Å². The lowest BCUT2D eigenvalue weighted by Crippen LogP contribution is -2.11. The number of ether oxygens (including phenoxy) is 1. The largest absolute Gasteiger partial charge is 0.466 e. The van der Waals surface area contributed by atoms with Gasteiger partial charge in [0.1, 0.15) is 0 Å². The van der Waals surface area contributed by atoms with Gasteiger partial charge in [-0.3, -0.25) is 4.79 Å². The molecule has 1 aromatic carbocycles. The van der Waals surface area contributed by atoms with Crippen LogP contribution in [-0.2, 0) is 29.0 Å². The lowest BCUT2D eigenvalue weighted by atomic mass is 9.93. The first-order chi connectivity index (χ1) is 9.10. The molecule has 1 aliphatic rings. The van der Waals surface area contributed by atoms with E-state index in [0.29, 0.717) is 13.0 Å². The number of hydrogen-bond donors (Lipinski definition) is 1. The topological polar surface area (TPSA) is 38.3 Å². The molecule has 0 bridgehead atoms. The Bertz CT molecular complexity index is 517. The quantitative estimate of drug-likeness (QED) is 0.631. The van der Waals surface area contributed by atoms with E-state index in [4.69, 9.17) is 4.74 Å². The average Bonchev–Trinajstić information content (AvgIpc) is 2.86. The first kappa shape index (κ1) is 15.1. The van der Waals surface area contributed by atoms with Crippen LogP contribution in [0.3, 0.4) is 0 Å². The van der Waals surface area contributed by atoms with Gasteiger partial charge in [0.25, 0.3) is 0 Å². The highest BCUT2D eigenvalue weighted by Gasteiger charge is 2.23. The van der Waals surface area contributed by atoms with Gasteiger partial charge in [-0.05, 0) is 48.6 Å². The van der Waals surface area contributed by atoms with Gasteiger partial charge in [0.2, 0.25) is 0 Å². The smallest absolute Gasteiger partial charge is 0.310 e. The van der Waals surface area contributed by atoms with E-state index < -0.39 is 0 Å². The predicted octanol–water partition coefficient (Wildman–Crippen LogP) is 3.45. The van der Waals surface area contributed by atoms with Gasteiger partial charge in [-0.15, -0.1) is 0 Å². The van der Waals surface area contributed by atoms with E-state index in [-0.39, 0.29) is 5.97 Å². The molecule has 1 aromatic rings. The van der Waals surface area contributed by atoms with Crippen LogP contribution >= 0.6 is 30.1 Å². The second-order valence-corrected chi connectivity index (χ2v) is 6.56. The summed E-state index contributed by atoms with van der Waals surface area (Å²) in [5.41, 5.74) is 6.47. The fourth-order valence-corrected chi connectivity index (χ4v) is 4.98. The fourth-order valence-electron chi connectivity index (χ4n) is 2.63. The second kappa shape index (κ2) is 6.45. The Morgan fingerprint density at radius 2 is 1.95 bits per heavy atom. The van der Waals surface area contributed by atoms with Crippen LogP contribution in [0, 0.1) is 13.8 Å². The van der Waals surface area contributed by atoms with Crippen LogP contribution in [0.5, 0.6) is 0 Å². The Kier molecular flexibility index (Phi) is 5.14. The molecule has 0 spiro atoms. The van der Waals surface area contributed by atoms with Crippen LogP contribution in [0.25, 0.3) is 0 Å². The third kappa shape index (κ3) is 2.92. The van der Waals surface area contributed by atoms with Crippen LogP contribution in [0.2, 0.25) is 0 Å². The van der Waals surface area contributed by atoms with Crippen molar-refractivity contribution in [3.05, 3.63) is 27.8 Å². The Hall–Kier alpha value is -0.270. The summed E-state index contributed by atoms with van der Waals surface area (Å²) in [5.74, 6) is -0.136. The Morgan fingerprint density at radius 1 is 1.32 bits per heavy atom. The van der Waals surface area contributed by atoms with Crippen molar-refractivity contribution in [2.75, 3.05) is 6.61 Å². The molecule has 0 amide bonds. The van der Waals surface area contributed by atoms with Crippen LogP contribution in [0.4, 0.5) is 0 Å². The molecule has 0 atom stereocenters. The van der Waals surface area contributed by atoms with Crippen LogP contribution < -0.4 is 5.32 Å². The number of rotatable bonds is 4. The summed E-state index contributed by atoms with van der Waals surface area (Å²) in [7, 11) is 1.70. The molecule has 0 saturated carbocycles. The maximum Gasteiger partial charge on any atom is 0.310 e. The third-order valence-electron chi connectivity index (χ3n) is 3.64. The summed E-state index contributed by atoms with van der Waals surface area (Å²) in [6.45, 7) is 8.40. The lowest BCUT2D eigenvalue weighted by Gasteiger charge is -2.17. The minimum absolute atomic E-state index is 0.136. The fraction of sp³-hybridized carbons (Fsp3) is 0.500. The molecule has 0 saturated heterocycles. The number of hydrogen-bond acceptors (Lipinski definition) is 4. The molecule has 5 heteroatoms. The molecule has 1 heterocycles. The van der Waals surface area contributed by atoms with Crippen molar-refractivity contribution in [1.29, 1.82) is 0 Å². The molecule has 0 fully saturated rings. The van der Waals surface area contributed by atoms with E-state index in [1.165, 1.54) is 27.1 Å². The number of halogens is 1. The highest BCUT2D eigenvalue weighted by atomic mass is 127. The highest BCUT2D eigenvalue weighted by Crippen LogP contribution is 2.39. The Balaban J connectivity index is 2.47. The van der Waals surface area contributed by atoms with Crippen molar-refractivity contribution in [3.8, 4) is 0 Å². The van der Waals surface area contributed by atoms with E-state index in [1.807, 2.05) is 6.92 Å². The molecule has 0 radical (unpaired) electrons. The number of carbonyl (C=O) groups excluding carboxylic acids is 1. The summed E-state index contributed by atoms with van der Waals surface area (Å²) in [4.78, 5) is 13.0. The van der Waals surface area contributed by atoms with Crippen LogP contribution in [-0.4, -0.2) is 12.6 Å². The zero-order chi connectivity index (χ0) is 14.0. The molecule has 19 heavy (non-hydrogen) atoms. The van der Waals surface area contributed by atoms with Crippen molar-refractivity contribution >= 4 is 36.1 Å². The zero-order valence-corrected chi connectivity index (χ0v) is 14.4. The molecular weight excluding hydrogens is 373 g/mol. The standard InChI is InChI=1S/C14H18INO2S/c1-4-18-13(17)5-10-8(2)11-6-16-7-12(11)9(3)14(10)19-15/h16H,4-7H2,1-3H3. The first-order valence-electron chi connectivity index (χ1n) is 6.38. The van der Waals surface area contributed by atoms with E-state index >= 15 is 0 Å². The number of fused-ring (bicyclic) bond motifs is 1. The summed E-state index contributed by atoms with van der Waals surface area (Å²) in [6.07, 6.45) is 0.374. The minimum Gasteiger partial charge on any atom is -0.466 e. The predicted molar refractivity (Wildman–Crippen MR) is 86.7 cm³/mol. The van der Waals surface area contributed by atoms with Crippen molar-refractivity contribution in [2.45, 2.75) is 45.2 Å². The van der Waals surface area contributed by atoms with Crippen molar-refractivity contribution in [2.24, 2.45) is 0 Å². The number of nitrogens with one attached hydrogen (secondary N) is 1. The normalized spacial score (nSPS) is 13.5. The van der Waals surface area contributed by atoms with Crippen LogP contribution in [0.1, 0.15) is 34.7 Å². The SMILES string of the molecule is CCOC(=O)Cc1c(C)c2c(c(C)c1SI)CNC2. The van der Waals surface area contributed by atoms with Gasteiger partial charge in [0, 0.05) is 39.2 Å². The summed E-state index contributed by atoms with van der Waals surface area (Å²) in [6, 6.07) is 0. The zero-order valence-electron chi connectivity index (χ0n) is 11.4. The number of esters is 1. The van der Waals surface area contributed by atoms with Gasteiger partial charge in [0.05, 0.1) is 13.0 Å². The van der Waals surface area contributed by atoms with Gasteiger partial charge >= 0.3 is 5.97 Å². The maximum atomic E-state index is 11.8. The molecule has 0 aliphatic carbocycles. The van der Waals surface area contributed by atoms with Crippen molar-refractivity contribution in [3.63, 3.8) is 0 Å². The summed E-state index contributed by atoms with van der Waals surface area (Å²) >= 11 is 2.30. The maximum absolute atomic E-state index is 11.8. The Morgan fingerprint density at radius 3 is 2.53 bits per heavy atom. The summed E-state index contributed by atoms with van der Waals surface area (Å²) in [5, 5.41) is 3.40. The lowest BCUT2D eigenvalue weighted by molar-refractivity contribution is -0.142. The van der Waals surface area contributed by atoms with E-state index in [0.717, 1.165) is 18.7 Å². The molecule has 1 N–H and O–H groups in total. The van der Waals surface area contributed by atoms with Gasteiger partial charge in [-0.1, -0.05) is 8.93 Å². The average molecular weight is 391 g/mol. The summed E-state index contributed by atoms with van der Waals surface area (Å²) < 4.78 is 5.09. The number of benzene rings is 1. The van der Waals surface area contributed by atoms with Gasteiger partial charge in [-0.2, -0.15) is 0 Å². The van der Waals surface area contributed by atoms with E-state index in [2.05, 4.69) is 40.4 Å². The van der Waals surface area contributed by atoms with Crippen molar-refractivity contribution < 1.29 is 9.53 Å². The van der Waals surface area contributed by atoms with Gasteiger partial charge < -0.3 is 10.1 Å².